The van der Waals surface area contributed by atoms with E-state index in [4.69, 9.17) is 9.84 Å². The maximum absolute atomic E-state index is 11.8. The van der Waals surface area contributed by atoms with Gasteiger partial charge in [-0.3, -0.25) is 4.90 Å². The second-order valence-corrected chi connectivity index (χ2v) is 5.46. The number of likely N-dealkylation sites (N-methyl/N-ethyl adjacent to an activating group) is 1. The minimum absolute atomic E-state index is 0.271. The van der Waals surface area contributed by atoms with Crippen molar-refractivity contribution in [1.82, 2.24) is 4.90 Å². The van der Waals surface area contributed by atoms with Crippen LogP contribution in [0.4, 0.5) is 4.79 Å². The Balaban J connectivity index is 4.76. The molecule has 0 saturated heterocycles. The Bertz CT molecular complexity index is 337. The summed E-state index contributed by atoms with van der Waals surface area (Å²) in [7, 11) is 1.44. The van der Waals surface area contributed by atoms with Crippen molar-refractivity contribution in [3.8, 4) is 0 Å². The number of carboxylic acid groups (broad SMARTS) is 1. The average Bonchev–Trinajstić information content (AvgIpc) is 2.13. The second kappa shape index (κ2) is 6.42. The largest absolute Gasteiger partial charge is 0.480 e. The van der Waals surface area contributed by atoms with Crippen LogP contribution in [0.25, 0.3) is 0 Å². The van der Waals surface area contributed by atoms with E-state index in [1.54, 1.807) is 26.8 Å². The van der Waals surface area contributed by atoms with Gasteiger partial charge in [0.1, 0.15) is 11.6 Å². The fourth-order valence-electron chi connectivity index (χ4n) is 1.23. The van der Waals surface area contributed by atoms with Crippen LogP contribution in [-0.2, 0) is 9.53 Å². The zero-order chi connectivity index (χ0) is 14.5. The lowest BCUT2D eigenvalue weighted by Crippen LogP contribution is -2.44. The molecule has 5 nitrogen and oxygen atoms in total. The van der Waals surface area contributed by atoms with Gasteiger partial charge < -0.3 is 9.84 Å². The fourth-order valence-corrected chi connectivity index (χ4v) is 1.23. The Morgan fingerprint density at radius 2 is 1.83 bits per heavy atom. The SMILES string of the molecule is CC(C)=CCC(C(=O)O)N(C)C(=O)OC(C)(C)C. The van der Waals surface area contributed by atoms with Crippen LogP contribution in [0.1, 0.15) is 41.0 Å². The lowest BCUT2D eigenvalue weighted by Gasteiger charge is -2.28. The zero-order valence-electron chi connectivity index (χ0n) is 12.0. The van der Waals surface area contributed by atoms with Gasteiger partial charge in [0.25, 0.3) is 0 Å². The van der Waals surface area contributed by atoms with E-state index < -0.39 is 23.7 Å². The highest BCUT2D eigenvalue weighted by Gasteiger charge is 2.29. The molecule has 0 bridgehead atoms. The highest BCUT2D eigenvalue weighted by molar-refractivity contribution is 5.80. The summed E-state index contributed by atoms with van der Waals surface area (Å²) in [4.78, 5) is 24.0. The minimum atomic E-state index is -1.04. The van der Waals surface area contributed by atoms with Crippen LogP contribution in [0.3, 0.4) is 0 Å². The van der Waals surface area contributed by atoms with E-state index in [1.807, 2.05) is 13.8 Å². The molecule has 104 valence electrons. The number of carboxylic acids is 1. The molecule has 0 saturated carbocycles. The number of carbonyl (C=O) groups excluding carboxylic acids is 1. The zero-order valence-corrected chi connectivity index (χ0v) is 12.0. The third kappa shape index (κ3) is 6.27. The van der Waals surface area contributed by atoms with Gasteiger partial charge in [0.05, 0.1) is 0 Å². The first-order valence-electron chi connectivity index (χ1n) is 5.86. The summed E-state index contributed by atoms with van der Waals surface area (Å²) in [6.45, 7) is 8.98. The number of allylic oxidation sites excluding steroid dienone is 1. The summed E-state index contributed by atoms with van der Waals surface area (Å²) in [5.41, 5.74) is 0.379. The number of hydrogen-bond donors (Lipinski definition) is 1. The van der Waals surface area contributed by atoms with Gasteiger partial charge in [0, 0.05) is 7.05 Å². The lowest BCUT2D eigenvalue weighted by molar-refractivity contribution is -0.142. The van der Waals surface area contributed by atoms with E-state index in [9.17, 15) is 9.59 Å². The van der Waals surface area contributed by atoms with E-state index in [0.29, 0.717) is 0 Å². The molecule has 0 aliphatic rings. The maximum Gasteiger partial charge on any atom is 0.410 e. The molecule has 0 aromatic carbocycles. The van der Waals surface area contributed by atoms with Crippen molar-refractivity contribution in [2.75, 3.05) is 7.05 Å². The van der Waals surface area contributed by atoms with Crippen LogP contribution in [-0.4, -0.2) is 40.8 Å². The maximum atomic E-state index is 11.8. The topological polar surface area (TPSA) is 66.8 Å². The van der Waals surface area contributed by atoms with Crippen LogP contribution in [0.15, 0.2) is 11.6 Å². The van der Waals surface area contributed by atoms with E-state index in [0.717, 1.165) is 10.5 Å². The molecule has 0 aliphatic carbocycles. The molecule has 18 heavy (non-hydrogen) atoms. The van der Waals surface area contributed by atoms with E-state index in [-0.39, 0.29) is 6.42 Å². The van der Waals surface area contributed by atoms with Crippen molar-refractivity contribution in [3.05, 3.63) is 11.6 Å². The van der Waals surface area contributed by atoms with Gasteiger partial charge in [0.2, 0.25) is 0 Å². The number of aliphatic carboxylic acids is 1. The fraction of sp³-hybridized carbons (Fsp3) is 0.692. The third-order valence-electron chi connectivity index (χ3n) is 2.18. The van der Waals surface area contributed by atoms with Crippen LogP contribution in [0.5, 0.6) is 0 Å². The van der Waals surface area contributed by atoms with Gasteiger partial charge >= 0.3 is 12.1 Å². The number of carbonyl (C=O) groups is 2. The number of amides is 1. The molecule has 1 amide bonds. The quantitative estimate of drug-likeness (QED) is 0.786. The predicted molar refractivity (Wildman–Crippen MR) is 69.5 cm³/mol. The number of rotatable bonds is 4. The Hall–Kier alpha value is -1.52. The standard InChI is InChI=1S/C13H23NO4/c1-9(2)7-8-10(11(15)16)14(6)12(17)18-13(3,4)5/h7,10H,8H2,1-6H3,(H,15,16). The van der Waals surface area contributed by atoms with Crippen LogP contribution >= 0.6 is 0 Å². The van der Waals surface area contributed by atoms with Crippen molar-refractivity contribution >= 4 is 12.1 Å². The van der Waals surface area contributed by atoms with Crippen LogP contribution < -0.4 is 0 Å². The second-order valence-electron chi connectivity index (χ2n) is 5.46. The molecule has 1 N–H and O–H groups in total. The van der Waals surface area contributed by atoms with Crippen molar-refractivity contribution in [2.24, 2.45) is 0 Å². The molecule has 1 atom stereocenters. The molecule has 0 aromatic rings. The van der Waals surface area contributed by atoms with Gasteiger partial charge in [-0.1, -0.05) is 11.6 Å². The van der Waals surface area contributed by atoms with Crippen LogP contribution in [0.2, 0.25) is 0 Å². The molecule has 0 spiro atoms. The average molecular weight is 257 g/mol. The molecular weight excluding hydrogens is 234 g/mol. The number of ether oxygens (including phenoxy) is 1. The molecule has 0 radical (unpaired) electrons. The van der Waals surface area contributed by atoms with Gasteiger partial charge in [-0.25, -0.2) is 9.59 Å². The van der Waals surface area contributed by atoms with Crippen molar-refractivity contribution < 1.29 is 19.4 Å². The molecule has 5 heteroatoms. The summed E-state index contributed by atoms with van der Waals surface area (Å²) in [6.07, 6.45) is 1.43. The molecular formula is C13H23NO4. The summed E-state index contributed by atoms with van der Waals surface area (Å²) >= 11 is 0. The van der Waals surface area contributed by atoms with Gasteiger partial charge in [-0.15, -0.1) is 0 Å². The Labute approximate surface area is 108 Å². The smallest absolute Gasteiger partial charge is 0.410 e. The summed E-state index contributed by atoms with van der Waals surface area (Å²) in [5.74, 6) is -1.04. The number of nitrogens with zero attached hydrogens (tertiary/aromatic N) is 1. The monoisotopic (exact) mass is 257 g/mol. The molecule has 1 unspecified atom stereocenters. The first-order chi connectivity index (χ1) is 8.04. The highest BCUT2D eigenvalue weighted by atomic mass is 16.6. The van der Waals surface area contributed by atoms with Gasteiger partial charge in [-0.05, 0) is 41.0 Å². The molecule has 0 fully saturated rings. The predicted octanol–water partition coefficient (Wildman–Crippen LogP) is 2.66. The third-order valence-corrected chi connectivity index (χ3v) is 2.18. The highest BCUT2D eigenvalue weighted by Crippen LogP contribution is 2.13. The molecule has 0 aromatic heterocycles. The number of hydrogen-bond acceptors (Lipinski definition) is 3. The molecule has 0 aliphatic heterocycles. The summed E-state index contributed by atoms with van der Waals surface area (Å²) in [5, 5.41) is 9.13. The van der Waals surface area contributed by atoms with Crippen molar-refractivity contribution in [3.63, 3.8) is 0 Å². The van der Waals surface area contributed by atoms with Crippen LogP contribution in [0, 0.1) is 0 Å². The van der Waals surface area contributed by atoms with Crippen molar-refractivity contribution in [2.45, 2.75) is 52.7 Å². The lowest BCUT2D eigenvalue weighted by atomic mass is 10.1. The Morgan fingerprint density at radius 3 is 2.17 bits per heavy atom. The van der Waals surface area contributed by atoms with Gasteiger partial charge in [-0.2, -0.15) is 0 Å². The van der Waals surface area contributed by atoms with E-state index in [2.05, 4.69) is 0 Å². The molecule has 0 rings (SSSR count). The molecule has 0 heterocycles. The normalized spacial score (nSPS) is 12.6. The Kier molecular flexibility index (Phi) is 5.88. The van der Waals surface area contributed by atoms with Gasteiger partial charge in [0.15, 0.2) is 0 Å². The summed E-state index contributed by atoms with van der Waals surface area (Å²) in [6, 6.07) is -0.908. The first-order valence-corrected chi connectivity index (χ1v) is 5.86. The summed E-state index contributed by atoms with van der Waals surface area (Å²) < 4.78 is 5.14. The van der Waals surface area contributed by atoms with E-state index in [1.165, 1.54) is 7.05 Å². The van der Waals surface area contributed by atoms with E-state index >= 15 is 0 Å². The first kappa shape index (κ1) is 16.5. The van der Waals surface area contributed by atoms with Crippen molar-refractivity contribution in [1.29, 1.82) is 0 Å². The minimum Gasteiger partial charge on any atom is -0.480 e. The Morgan fingerprint density at radius 1 is 1.33 bits per heavy atom.